The zero-order valence-corrected chi connectivity index (χ0v) is 14.0. The molecule has 1 heterocycles. The summed E-state index contributed by atoms with van der Waals surface area (Å²) in [6.45, 7) is 2.86. The molecular weight excluding hydrogens is 321 g/mol. The summed E-state index contributed by atoms with van der Waals surface area (Å²) in [6, 6.07) is 13.1. The minimum absolute atomic E-state index is 0.184. The average molecular weight is 339 g/mol. The Morgan fingerprint density at radius 1 is 1.16 bits per heavy atom. The molecule has 5 nitrogen and oxygen atoms in total. The molecule has 0 bridgehead atoms. The van der Waals surface area contributed by atoms with Gasteiger partial charge in [0, 0.05) is 31.5 Å². The van der Waals surface area contributed by atoms with E-state index in [1.165, 1.54) is 31.0 Å². The van der Waals surface area contributed by atoms with E-state index in [1.807, 2.05) is 18.2 Å². The summed E-state index contributed by atoms with van der Waals surface area (Å²) >= 11 is 0. The highest BCUT2D eigenvalue weighted by Gasteiger charge is 2.32. The number of nitrogens with zero attached hydrogens (tertiary/aromatic N) is 2. The summed E-state index contributed by atoms with van der Waals surface area (Å²) in [5.41, 5.74) is 2.75. The van der Waals surface area contributed by atoms with Gasteiger partial charge in [-0.1, -0.05) is 30.3 Å². The first-order valence-corrected chi connectivity index (χ1v) is 7.95. The van der Waals surface area contributed by atoms with Crippen molar-refractivity contribution in [3.63, 3.8) is 0 Å². The number of rotatable bonds is 3. The van der Waals surface area contributed by atoms with E-state index in [-0.39, 0.29) is 23.7 Å². The number of hydrogen-bond acceptors (Lipinski definition) is 3. The lowest BCUT2D eigenvalue weighted by Gasteiger charge is -2.20. The Hall–Kier alpha value is -3.02. The van der Waals surface area contributed by atoms with Gasteiger partial charge in [-0.25, -0.2) is 9.40 Å². The highest BCUT2D eigenvalue weighted by atomic mass is 19.1. The van der Waals surface area contributed by atoms with Crippen LogP contribution in [0.3, 0.4) is 0 Å². The van der Waals surface area contributed by atoms with Crippen molar-refractivity contribution < 1.29 is 14.0 Å². The Labute approximate surface area is 145 Å². The van der Waals surface area contributed by atoms with Crippen LogP contribution in [0.25, 0.3) is 0 Å². The molecule has 2 aromatic carbocycles. The second-order valence-electron chi connectivity index (χ2n) is 5.91. The maximum absolute atomic E-state index is 13.6. The van der Waals surface area contributed by atoms with Crippen LogP contribution < -0.4 is 5.32 Å². The molecule has 0 spiro atoms. The van der Waals surface area contributed by atoms with Crippen LogP contribution in [0.2, 0.25) is 0 Å². The molecule has 3 rings (SSSR count). The van der Waals surface area contributed by atoms with Crippen LogP contribution >= 0.6 is 0 Å². The molecule has 2 amide bonds. The standard InChI is InChI=1S/C19H18FN3O2/c1-12(24)21-17-9-4-3-8-16(17)18-11-19(23(22-18)13(2)25)14-6-5-7-15(20)10-14/h3-10,19H,11H2,1-2H3,(H,21,24)/t19-/m1/s1. The molecule has 128 valence electrons. The third-order valence-corrected chi connectivity index (χ3v) is 4.02. The normalized spacial score (nSPS) is 16.5. The van der Waals surface area contributed by atoms with Crippen molar-refractivity contribution in [1.29, 1.82) is 0 Å². The molecule has 0 saturated carbocycles. The van der Waals surface area contributed by atoms with E-state index in [2.05, 4.69) is 10.4 Å². The minimum atomic E-state index is -0.367. The molecule has 0 radical (unpaired) electrons. The molecule has 0 unspecified atom stereocenters. The lowest BCUT2D eigenvalue weighted by Crippen LogP contribution is -2.24. The number of halogens is 1. The van der Waals surface area contributed by atoms with E-state index in [9.17, 15) is 14.0 Å². The lowest BCUT2D eigenvalue weighted by atomic mass is 9.97. The fourth-order valence-electron chi connectivity index (χ4n) is 2.97. The van der Waals surface area contributed by atoms with Crippen molar-refractivity contribution >= 4 is 23.2 Å². The monoisotopic (exact) mass is 339 g/mol. The first kappa shape index (κ1) is 16.8. The number of carbonyl (C=O) groups excluding carboxylic acids is 2. The Bertz CT molecular complexity index is 863. The van der Waals surface area contributed by atoms with Crippen LogP contribution in [0.1, 0.15) is 37.4 Å². The maximum Gasteiger partial charge on any atom is 0.240 e. The van der Waals surface area contributed by atoms with Gasteiger partial charge in [0.2, 0.25) is 11.8 Å². The van der Waals surface area contributed by atoms with Gasteiger partial charge in [-0.05, 0) is 23.8 Å². The molecule has 1 N–H and O–H groups in total. The van der Waals surface area contributed by atoms with Crippen molar-refractivity contribution in [2.45, 2.75) is 26.3 Å². The van der Waals surface area contributed by atoms with Gasteiger partial charge in [-0.2, -0.15) is 5.10 Å². The van der Waals surface area contributed by atoms with Crippen molar-refractivity contribution in [3.05, 3.63) is 65.5 Å². The minimum Gasteiger partial charge on any atom is -0.326 e. The highest BCUT2D eigenvalue weighted by Crippen LogP contribution is 2.34. The Balaban J connectivity index is 1.98. The zero-order valence-electron chi connectivity index (χ0n) is 14.0. The van der Waals surface area contributed by atoms with Crippen molar-refractivity contribution in [3.8, 4) is 0 Å². The SMILES string of the molecule is CC(=O)Nc1ccccc1C1=NN(C(C)=O)[C@@H](c2cccc(F)c2)C1. The second-order valence-corrected chi connectivity index (χ2v) is 5.91. The van der Waals surface area contributed by atoms with E-state index < -0.39 is 0 Å². The van der Waals surface area contributed by atoms with E-state index in [0.29, 0.717) is 23.4 Å². The smallest absolute Gasteiger partial charge is 0.240 e. The zero-order chi connectivity index (χ0) is 18.0. The molecule has 1 aliphatic rings. The number of amides is 2. The number of nitrogens with one attached hydrogen (secondary N) is 1. The number of carbonyl (C=O) groups is 2. The molecule has 0 saturated heterocycles. The van der Waals surface area contributed by atoms with E-state index in [0.717, 1.165) is 5.56 Å². The molecule has 25 heavy (non-hydrogen) atoms. The summed E-state index contributed by atoms with van der Waals surface area (Å²) in [6.07, 6.45) is 0.444. The Morgan fingerprint density at radius 2 is 1.92 bits per heavy atom. The number of benzene rings is 2. The summed E-state index contributed by atoms with van der Waals surface area (Å²) in [4.78, 5) is 23.4. The number of para-hydroxylation sites is 1. The van der Waals surface area contributed by atoms with Crippen LogP contribution in [-0.4, -0.2) is 22.5 Å². The van der Waals surface area contributed by atoms with Gasteiger partial charge in [-0.3, -0.25) is 9.59 Å². The first-order chi connectivity index (χ1) is 12.0. The molecule has 1 aliphatic heterocycles. The fourth-order valence-corrected chi connectivity index (χ4v) is 2.97. The largest absolute Gasteiger partial charge is 0.326 e. The lowest BCUT2D eigenvalue weighted by molar-refractivity contribution is -0.130. The molecule has 0 fully saturated rings. The van der Waals surface area contributed by atoms with Gasteiger partial charge >= 0.3 is 0 Å². The summed E-state index contributed by atoms with van der Waals surface area (Å²) in [5, 5.41) is 8.58. The number of anilines is 1. The molecule has 0 aromatic heterocycles. The van der Waals surface area contributed by atoms with Gasteiger partial charge in [0.15, 0.2) is 0 Å². The van der Waals surface area contributed by atoms with Crippen LogP contribution in [0.4, 0.5) is 10.1 Å². The van der Waals surface area contributed by atoms with Crippen LogP contribution in [0, 0.1) is 5.82 Å². The number of hydrogen-bond donors (Lipinski definition) is 1. The van der Waals surface area contributed by atoms with Crippen LogP contribution in [0.5, 0.6) is 0 Å². The molecule has 1 atom stereocenters. The first-order valence-electron chi connectivity index (χ1n) is 7.95. The van der Waals surface area contributed by atoms with Crippen molar-refractivity contribution in [1.82, 2.24) is 5.01 Å². The topological polar surface area (TPSA) is 61.8 Å². The van der Waals surface area contributed by atoms with Gasteiger partial charge in [-0.15, -0.1) is 0 Å². The summed E-state index contributed by atoms with van der Waals surface area (Å²) in [7, 11) is 0. The average Bonchev–Trinajstić information content (AvgIpc) is 3.00. The van der Waals surface area contributed by atoms with Gasteiger partial charge in [0.1, 0.15) is 5.82 Å². The third-order valence-electron chi connectivity index (χ3n) is 4.02. The van der Waals surface area contributed by atoms with E-state index in [4.69, 9.17) is 0 Å². The van der Waals surface area contributed by atoms with E-state index in [1.54, 1.807) is 18.2 Å². The highest BCUT2D eigenvalue weighted by molar-refractivity contribution is 6.09. The third kappa shape index (κ3) is 3.57. The summed E-state index contributed by atoms with van der Waals surface area (Å²) in [5.74, 6) is -0.759. The van der Waals surface area contributed by atoms with E-state index >= 15 is 0 Å². The van der Waals surface area contributed by atoms with Crippen molar-refractivity contribution in [2.24, 2.45) is 5.10 Å². The van der Waals surface area contributed by atoms with Crippen LogP contribution in [-0.2, 0) is 9.59 Å². The van der Waals surface area contributed by atoms with Crippen molar-refractivity contribution in [2.75, 3.05) is 5.32 Å². The number of hydrazone groups is 1. The van der Waals surface area contributed by atoms with Gasteiger partial charge < -0.3 is 5.32 Å². The predicted octanol–water partition coefficient (Wildman–Crippen LogP) is 3.48. The molecule has 2 aromatic rings. The second kappa shape index (κ2) is 6.84. The maximum atomic E-state index is 13.6. The Morgan fingerprint density at radius 3 is 2.60 bits per heavy atom. The van der Waals surface area contributed by atoms with Gasteiger partial charge in [0.05, 0.1) is 11.8 Å². The molecule has 0 aliphatic carbocycles. The predicted molar refractivity (Wildman–Crippen MR) is 93.6 cm³/mol. The molecule has 6 heteroatoms. The van der Waals surface area contributed by atoms with Crippen LogP contribution in [0.15, 0.2) is 53.6 Å². The van der Waals surface area contributed by atoms with Gasteiger partial charge in [0.25, 0.3) is 0 Å². The molecular formula is C19H18FN3O2. The Kier molecular flexibility index (Phi) is 4.61. The quantitative estimate of drug-likeness (QED) is 0.930. The summed E-state index contributed by atoms with van der Waals surface area (Å²) < 4.78 is 13.6. The fraction of sp³-hybridized carbons (Fsp3) is 0.211.